The van der Waals surface area contributed by atoms with Gasteiger partial charge in [0.05, 0.1) is 36.2 Å². The van der Waals surface area contributed by atoms with E-state index in [4.69, 9.17) is 4.74 Å². The van der Waals surface area contributed by atoms with Crippen molar-refractivity contribution in [3.63, 3.8) is 0 Å². The number of pyridine rings is 1. The number of aromatic nitrogens is 3. The summed E-state index contributed by atoms with van der Waals surface area (Å²) in [5.74, 6) is -0.468. The van der Waals surface area contributed by atoms with Crippen molar-refractivity contribution < 1.29 is 14.6 Å². The highest BCUT2D eigenvalue weighted by atomic mass is 16.5. The lowest BCUT2D eigenvalue weighted by Gasteiger charge is -2.22. The van der Waals surface area contributed by atoms with E-state index in [2.05, 4.69) is 29.2 Å². The minimum absolute atomic E-state index is 0.236. The molecule has 0 aromatic carbocycles. The molecule has 0 bridgehead atoms. The first-order valence-corrected chi connectivity index (χ1v) is 9.53. The predicted octanol–water partition coefficient (Wildman–Crippen LogP) is 3.50. The number of nitrogens with one attached hydrogen (secondary N) is 1. The predicted molar refractivity (Wildman–Crippen MR) is 102 cm³/mol. The van der Waals surface area contributed by atoms with E-state index in [1.54, 1.807) is 17.8 Å². The average molecular weight is 362 g/mol. The standard InChI is InChI=1S/C19H30N4O3/c1-5-9-13(10-6-2)21-17-14-11-20-23(7-3)18(14)22-15(12-24)16(17)19(25)26-8-4/h11,13,24H,5-10,12H2,1-4H3,(H,21,22). The molecule has 2 rings (SSSR count). The highest BCUT2D eigenvalue weighted by molar-refractivity contribution is 6.05. The molecule has 0 aliphatic carbocycles. The second-order valence-electron chi connectivity index (χ2n) is 6.30. The van der Waals surface area contributed by atoms with E-state index >= 15 is 0 Å². The van der Waals surface area contributed by atoms with Gasteiger partial charge in [0.1, 0.15) is 5.56 Å². The number of nitrogens with zero attached hydrogens (tertiary/aromatic N) is 3. The molecule has 2 N–H and O–H groups in total. The number of rotatable bonds is 10. The van der Waals surface area contributed by atoms with Gasteiger partial charge in [-0.1, -0.05) is 26.7 Å². The Labute approximate surface area is 154 Å². The first-order valence-electron chi connectivity index (χ1n) is 9.53. The molecule has 144 valence electrons. The molecule has 0 aliphatic heterocycles. The van der Waals surface area contributed by atoms with Crippen molar-refractivity contribution in [2.24, 2.45) is 0 Å². The minimum Gasteiger partial charge on any atom is -0.462 e. The van der Waals surface area contributed by atoms with Crippen LogP contribution in [0.5, 0.6) is 0 Å². The molecular formula is C19H30N4O3. The van der Waals surface area contributed by atoms with Gasteiger partial charge in [0, 0.05) is 12.6 Å². The molecule has 2 heterocycles. The van der Waals surface area contributed by atoms with Crippen molar-refractivity contribution in [1.29, 1.82) is 0 Å². The Morgan fingerprint density at radius 3 is 2.50 bits per heavy atom. The van der Waals surface area contributed by atoms with Crippen LogP contribution in [0.15, 0.2) is 6.20 Å². The van der Waals surface area contributed by atoms with Crippen molar-refractivity contribution in [1.82, 2.24) is 14.8 Å². The first kappa shape index (κ1) is 20.2. The van der Waals surface area contributed by atoms with Crippen LogP contribution in [0.4, 0.5) is 5.69 Å². The molecule has 2 aromatic rings. The second kappa shape index (κ2) is 9.52. The summed E-state index contributed by atoms with van der Waals surface area (Å²) < 4.78 is 7.00. The Bertz CT molecular complexity index is 736. The van der Waals surface area contributed by atoms with Crippen LogP contribution >= 0.6 is 0 Å². The van der Waals surface area contributed by atoms with Gasteiger partial charge in [0.2, 0.25) is 0 Å². The quantitative estimate of drug-likeness (QED) is 0.629. The zero-order chi connectivity index (χ0) is 19.1. The second-order valence-corrected chi connectivity index (χ2v) is 6.30. The molecule has 0 fully saturated rings. The molecule has 0 saturated heterocycles. The Morgan fingerprint density at radius 2 is 1.96 bits per heavy atom. The van der Waals surface area contributed by atoms with Crippen LogP contribution in [0.3, 0.4) is 0 Å². The number of carbonyl (C=O) groups is 1. The molecule has 7 nitrogen and oxygen atoms in total. The summed E-state index contributed by atoms with van der Waals surface area (Å²) in [6, 6.07) is 0.236. The minimum atomic E-state index is -0.468. The van der Waals surface area contributed by atoms with E-state index in [0.717, 1.165) is 31.1 Å². The van der Waals surface area contributed by atoms with Crippen molar-refractivity contribution in [2.45, 2.75) is 72.6 Å². The van der Waals surface area contributed by atoms with Gasteiger partial charge in [-0.25, -0.2) is 14.5 Å². The van der Waals surface area contributed by atoms with Crippen molar-refractivity contribution in [3.8, 4) is 0 Å². The van der Waals surface area contributed by atoms with Gasteiger partial charge in [-0.3, -0.25) is 0 Å². The summed E-state index contributed by atoms with van der Waals surface area (Å²) in [6.07, 6.45) is 5.81. The molecule has 2 aromatic heterocycles. The van der Waals surface area contributed by atoms with Crippen LogP contribution in [0.2, 0.25) is 0 Å². The van der Waals surface area contributed by atoms with E-state index in [0.29, 0.717) is 29.1 Å². The Hall–Kier alpha value is -2.15. The molecule has 0 amide bonds. The molecule has 0 saturated carbocycles. The van der Waals surface area contributed by atoms with Gasteiger partial charge in [-0.05, 0) is 26.7 Å². The summed E-state index contributed by atoms with van der Waals surface area (Å²) in [6.45, 7) is 8.63. The topological polar surface area (TPSA) is 89.3 Å². The number of ether oxygens (including phenoxy) is 1. The Balaban J connectivity index is 2.65. The smallest absolute Gasteiger partial charge is 0.342 e. The molecule has 7 heteroatoms. The molecule has 0 radical (unpaired) electrons. The first-order chi connectivity index (χ1) is 12.6. The lowest BCUT2D eigenvalue weighted by Crippen LogP contribution is -2.23. The van der Waals surface area contributed by atoms with Gasteiger partial charge < -0.3 is 15.2 Å². The van der Waals surface area contributed by atoms with Gasteiger partial charge in [0.15, 0.2) is 5.65 Å². The number of anilines is 1. The third-order valence-corrected chi connectivity index (χ3v) is 4.41. The number of esters is 1. The lowest BCUT2D eigenvalue weighted by atomic mass is 10.0. The van der Waals surface area contributed by atoms with Crippen molar-refractivity contribution >= 4 is 22.7 Å². The number of aliphatic hydroxyl groups excluding tert-OH is 1. The number of aryl methyl sites for hydroxylation is 1. The zero-order valence-corrected chi connectivity index (χ0v) is 16.2. The fourth-order valence-corrected chi connectivity index (χ4v) is 3.24. The fourth-order valence-electron chi connectivity index (χ4n) is 3.24. The van der Waals surface area contributed by atoms with Crippen LogP contribution < -0.4 is 5.32 Å². The van der Waals surface area contributed by atoms with Gasteiger partial charge in [0.25, 0.3) is 0 Å². The fraction of sp³-hybridized carbons (Fsp3) is 0.632. The summed E-state index contributed by atoms with van der Waals surface area (Å²) >= 11 is 0. The van der Waals surface area contributed by atoms with Crippen LogP contribution in [-0.2, 0) is 17.9 Å². The maximum atomic E-state index is 12.6. The van der Waals surface area contributed by atoms with Crippen molar-refractivity contribution in [3.05, 3.63) is 17.5 Å². The molecule has 0 spiro atoms. The molecule has 0 aliphatic rings. The van der Waals surface area contributed by atoms with Gasteiger partial charge >= 0.3 is 5.97 Å². The number of hydrogen-bond donors (Lipinski definition) is 2. The Kier molecular flexibility index (Phi) is 7.38. The summed E-state index contributed by atoms with van der Waals surface area (Å²) in [4.78, 5) is 17.1. The Morgan fingerprint density at radius 1 is 1.27 bits per heavy atom. The maximum Gasteiger partial charge on any atom is 0.342 e. The van der Waals surface area contributed by atoms with Crippen LogP contribution in [0.25, 0.3) is 11.0 Å². The number of fused-ring (bicyclic) bond motifs is 1. The SMILES string of the molecule is CCCC(CCC)Nc1c(C(=O)OCC)c(CO)nc2c1cnn2CC. The van der Waals surface area contributed by atoms with Crippen molar-refractivity contribution in [2.75, 3.05) is 11.9 Å². The third-order valence-electron chi connectivity index (χ3n) is 4.41. The molecule has 0 atom stereocenters. The van der Waals surface area contributed by atoms with Crippen LogP contribution in [-0.4, -0.2) is 38.5 Å². The van der Waals surface area contributed by atoms with Crippen LogP contribution in [0.1, 0.15) is 69.4 Å². The normalized spacial score (nSPS) is 11.3. The van der Waals surface area contributed by atoms with Crippen LogP contribution in [0, 0.1) is 0 Å². The zero-order valence-electron chi connectivity index (χ0n) is 16.2. The van der Waals surface area contributed by atoms with Gasteiger partial charge in [-0.2, -0.15) is 5.10 Å². The summed E-state index contributed by atoms with van der Waals surface area (Å²) in [5, 5.41) is 18.5. The van der Waals surface area contributed by atoms with E-state index < -0.39 is 5.97 Å². The number of aliphatic hydroxyl groups is 1. The molecular weight excluding hydrogens is 332 g/mol. The van der Waals surface area contributed by atoms with E-state index in [1.807, 2.05) is 6.92 Å². The highest BCUT2D eigenvalue weighted by Gasteiger charge is 2.25. The lowest BCUT2D eigenvalue weighted by molar-refractivity contribution is 0.0523. The number of hydrogen-bond acceptors (Lipinski definition) is 6. The average Bonchev–Trinajstić information content (AvgIpc) is 3.04. The van der Waals surface area contributed by atoms with E-state index in [-0.39, 0.29) is 19.3 Å². The van der Waals surface area contributed by atoms with E-state index in [1.165, 1.54) is 0 Å². The maximum absolute atomic E-state index is 12.6. The summed E-state index contributed by atoms with van der Waals surface area (Å²) in [5.41, 5.74) is 1.97. The molecule has 26 heavy (non-hydrogen) atoms. The number of carbonyl (C=O) groups excluding carboxylic acids is 1. The van der Waals surface area contributed by atoms with Gasteiger partial charge in [-0.15, -0.1) is 0 Å². The highest BCUT2D eigenvalue weighted by Crippen LogP contribution is 2.31. The van der Waals surface area contributed by atoms with E-state index in [9.17, 15) is 9.90 Å². The molecule has 0 unspecified atom stereocenters. The monoisotopic (exact) mass is 362 g/mol. The summed E-state index contributed by atoms with van der Waals surface area (Å²) in [7, 11) is 0. The largest absolute Gasteiger partial charge is 0.462 e. The third kappa shape index (κ3) is 4.15.